The minimum absolute atomic E-state index is 0.137. The first-order chi connectivity index (χ1) is 13.2. The number of halogens is 4. The van der Waals surface area contributed by atoms with Gasteiger partial charge in [0.15, 0.2) is 5.17 Å². The quantitative estimate of drug-likeness (QED) is 0.278. The van der Waals surface area contributed by atoms with Gasteiger partial charge in [-0.3, -0.25) is 10.1 Å². The van der Waals surface area contributed by atoms with E-state index in [4.69, 9.17) is 5.73 Å². The molecule has 0 amide bonds. The molecular formula is C16H12BrF3N4O3S. The molecular weight excluding hydrogens is 465 g/mol. The third-order valence-corrected chi connectivity index (χ3v) is 4.50. The van der Waals surface area contributed by atoms with Gasteiger partial charge < -0.3 is 10.5 Å². The predicted octanol–water partition coefficient (Wildman–Crippen LogP) is 4.84. The second-order valence-electron chi connectivity index (χ2n) is 5.11. The average molecular weight is 477 g/mol. The van der Waals surface area contributed by atoms with Crippen LogP contribution in [-0.2, 0) is 5.75 Å². The van der Waals surface area contributed by atoms with Gasteiger partial charge in [-0.1, -0.05) is 42.1 Å². The van der Waals surface area contributed by atoms with Crippen LogP contribution in [0.15, 0.2) is 57.1 Å². The first kappa shape index (κ1) is 21.7. The zero-order valence-corrected chi connectivity index (χ0v) is 16.3. The molecule has 12 heteroatoms. The van der Waals surface area contributed by atoms with Gasteiger partial charge in [-0.2, -0.15) is 5.10 Å². The SMILES string of the molecule is NC(=NN=Cc1cc(Br)c(OC(F)(F)F)c([N+](=O)[O-])c1)SCc1ccccc1. The summed E-state index contributed by atoms with van der Waals surface area (Å²) in [5, 5.41) is 18.7. The Balaban J connectivity index is 2.13. The van der Waals surface area contributed by atoms with Crippen molar-refractivity contribution in [2.24, 2.45) is 15.9 Å². The number of nitro benzene ring substituents is 1. The van der Waals surface area contributed by atoms with E-state index in [-0.39, 0.29) is 15.2 Å². The maximum Gasteiger partial charge on any atom is 0.573 e. The van der Waals surface area contributed by atoms with Crippen LogP contribution in [0.5, 0.6) is 5.75 Å². The molecule has 0 aromatic heterocycles. The van der Waals surface area contributed by atoms with Crippen molar-refractivity contribution in [2.45, 2.75) is 12.1 Å². The molecule has 0 atom stereocenters. The van der Waals surface area contributed by atoms with Gasteiger partial charge in [0.25, 0.3) is 0 Å². The highest BCUT2D eigenvalue weighted by atomic mass is 79.9. The smallest absolute Gasteiger partial charge is 0.397 e. The van der Waals surface area contributed by atoms with Crippen LogP contribution < -0.4 is 10.5 Å². The molecule has 2 N–H and O–H groups in total. The third-order valence-electron chi connectivity index (χ3n) is 3.05. The van der Waals surface area contributed by atoms with Crippen LogP contribution in [0.1, 0.15) is 11.1 Å². The second kappa shape index (κ2) is 9.55. The Labute approximate surface area is 169 Å². The predicted molar refractivity (Wildman–Crippen MR) is 104 cm³/mol. The first-order valence-electron chi connectivity index (χ1n) is 7.42. The fourth-order valence-electron chi connectivity index (χ4n) is 1.94. The summed E-state index contributed by atoms with van der Waals surface area (Å²) in [5.74, 6) is -0.372. The van der Waals surface area contributed by atoms with Crippen molar-refractivity contribution in [1.29, 1.82) is 0 Å². The second-order valence-corrected chi connectivity index (χ2v) is 6.96. The number of thioether (sulfide) groups is 1. The molecule has 2 aromatic carbocycles. The van der Waals surface area contributed by atoms with Crippen LogP contribution in [0.2, 0.25) is 0 Å². The van der Waals surface area contributed by atoms with Gasteiger partial charge >= 0.3 is 12.0 Å². The maximum atomic E-state index is 12.4. The molecule has 0 aliphatic carbocycles. The van der Waals surface area contributed by atoms with Gasteiger partial charge in [-0.05, 0) is 27.6 Å². The largest absolute Gasteiger partial charge is 0.573 e. The number of nitrogens with two attached hydrogens (primary N) is 1. The molecule has 2 rings (SSSR count). The third kappa shape index (κ3) is 6.85. The lowest BCUT2D eigenvalue weighted by Gasteiger charge is -2.11. The standard InChI is InChI=1S/C16H12BrF3N4O3S/c17-12-6-11(7-13(24(25)26)14(12)27-16(18,19)20)8-22-23-15(21)28-9-10-4-2-1-3-5-10/h1-8H,9H2,(H2,21,23). The number of hydrogen-bond donors (Lipinski definition) is 1. The number of nitro groups is 1. The molecule has 0 saturated carbocycles. The van der Waals surface area contributed by atoms with Gasteiger partial charge in [0, 0.05) is 17.4 Å². The molecule has 148 valence electrons. The van der Waals surface area contributed by atoms with E-state index < -0.39 is 22.7 Å². The number of alkyl halides is 3. The van der Waals surface area contributed by atoms with Crippen LogP contribution >= 0.6 is 27.7 Å². The van der Waals surface area contributed by atoms with E-state index >= 15 is 0 Å². The monoisotopic (exact) mass is 476 g/mol. The molecule has 0 aliphatic rings. The molecule has 0 spiro atoms. The normalized spacial score (nSPS) is 12.4. The number of benzene rings is 2. The van der Waals surface area contributed by atoms with E-state index in [0.717, 1.165) is 17.8 Å². The number of hydrogen-bond acceptors (Lipinski definition) is 6. The summed E-state index contributed by atoms with van der Waals surface area (Å²) < 4.78 is 40.7. The molecule has 0 heterocycles. The molecule has 0 bridgehead atoms. The lowest BCUT2D eigenvalue weighted by atomic mass is 10.2. The first-order valence-corrected chi connectivity index (χ1v) is 9.20. The fourth-order valence-corrected chi connectivity index (χ4v) is 3.10. The van der Waals surface area contributed by atoms with Crippen LogP contribution in [0.3, 0.4) is 0 Å². The Morgan fingerprint density at radius 1 is 1.32 bits per heavy atom. The minimum Gasteiger partial charge on any atom is -0.397 e. The van der Waals surface area contributed by atoms with Gasteiger partial charge in [-0.15, -0.1) is 18.3 Å². The maximum absolute atomic E-state index is 12.4. The summed E-state index contributed by atoms with van der Waals surface area (Å²) in [5.41, 5.74) is 6.03. The highest BCUT2D eigenvalue weighted by Crippen LogP contribution is 2.39. The summed E-state index contributed by atoms with van der Waals surface area (Å²) in [6.45, 7) is 0. The van der Waals surface area contributed by atoms with Crippen molar-refractivity contribution in [3.05, 3.63) is 68.2 Å². The highest BCUT2D eigenvalue weighted by molar-refractivity contribution is 9.10. The van der Waals surface area contributed by atoms with Gasteiger partial charge in [0.1, 0.15) is 0 Å². The fraction of sp³-hybridized carbons (Fsp3) is 0.125. The molecule has 0 aliphatic heterocycles. The number of ether oxygens (including phenoxy) is 1. The summed E-state index contributed by atoms with van der Waals surface area (Å²) >= 11 is 4.07. The zero-order chi connectivity index (χ0) is 20.7. The van der Waals surface area contributed by atoms with Crippen molar-refractivity contribution in [3.63, 3.8) is 0 Å². The molecule has 0 saturated heterocycles. The van der Waals surface area contributed by atoms with Crippen molar-refractivity contribution in [1.82, 2.24) is 0 Å². The van der Waals surface area contributed by atoms with Crippen LogP contribution in [0.4, 0.5) is 18.9 Å². The van der Waals surface area contributed by atoms with Crippen molar-refractivity contribution in [2.75, 3.05) is 0 Å². The number of amidine groups is 1. The highest BCUT2D eigenvalue weighted by Gasteiger charge is 2.36. The van der Waals surface area contributed by atoms with E-state index in [1.165, 1.54) is 17.8 Å². The summed E-state index contributed by atoms with van der Waals surface area (Å²) in [6, 6.07) is 11.6. The Hall–Kier alpha value is -2.60. The van der Waals surface area contributed by atoms with E-state index in [0.29, 0.717) is 5.75 Å². The molecule has 0 fully saturated rings. The zero-order valence-electron chi connectivity index (χ0n) is 13.9. The van der Waals surface area contributed by atoms with Crippen molar-refractivity contribution >= 4 is 44.8 Å². The lowest BCUT2D eigenvalue weighted by Crippen LogP contribution is -2.18. The van der Waals surface area contributed by atoms with Crippen LogP contribution in [0, 0.1) is 10.1 Å². The molecule has 28 heavy (non-hydrogen) atoms. The van der Waals surface area contributed by atoms with Crippen molar-refractivity contribution in [3.8, 4) is 5.75 Å². The average Bonchev–Trinajstić information content (AvgIpc) is 2.61. The Bertz CT molecular complexity index is 908. The molecule has 2 aromatic rings. The lowest BCUT2D eigenvalue weighted by molar-refractivity contribution is -0.388. The van der Waals surface area contributed by atoms with Gasteiger partial charge in [0.05, 0.1) is 15.6 Å². The van der Waals surface area contributed by atoms with Crippen LogP contribution in [-0.4, -0.2) is 22.7 Å². The Kier molecular flexibility index (Phi) is 7.40. The molecule has 0 unspecified atom stereocenters. The van der Waals surface area contributed by atoms with Crippen LogP contribution in [0.25, 0.3) is 0 Å². The Morgan fingerprint density at radius 3 is 2.61 bits per heavy atom. The van der Waals surface area contributed by atoms with E-state index in [2.05, 4.69) is 30.9 Å². The van der Waals surface area contributed by atoms with E-state index in [1.54, 1.807) is 0 Å². The van der Waals surface area contributed by atoms with Gasteiger partial charge in [-0.25, -0.2) is 0 Å². The summed E-state index contributed by atoms with van der Waals surface area (Å²) in [6.07, 6.45) is -3.94. The Morgan fingerprint density at radius 2 is 2.00 bits per heavy atom. The van der Waals surface area contributed by atoms with Gasteiger partial charge in [0.2, 0.25) is 5.75 Å². The summed E-state index contributed by atoms with van der Waals surface area (Å²) in [4.78, 5) is 10.1. The van der Waals surface area contributed by atoms with E-state index in [1.807, 2.05) is 30.3 Å². The molecule has 7 nitrogen and oxygen atoms in total. The number of nitrogens with zero attached hydrogens (tertiary/aromatic N) is 3. The minimum atomic E-state index is -5.07. The van der Waals surface area contributed by atoms with E-state index in [9.17, 15) is 23.3 Å². The van der Waals surface area contributed by atoms with Crippen molar-refractivity contribution < 1.29 is 22.8 Å². The molecule has 0 radical (unpaired) electrons. The summed E-state index contributed by atoms with van der Waals surface area (Å²) in [7, 11) is 0. The topological polar surface area (TPSA) is 103 Å². The number of rotatable bonds is 6.